The van der Waals surface area contributed by atoms with Crippen LogP contribution in [0.25, 0.3) is 0 Å². The molecule has 1 atom stereocenters. The number of hydrogen-bond acceptors (Lipinski definition) is 3. The van der Waals surface area contributed by atoms with Gasteiger partial charge in [0.1, 0.15) is 5.75 Å². The number of benzene rings is 1. The summed E-state index contributed by atoms with van der Waals surface area (Å²) in [7, 11) is 0. The zero-order valence-corrected chi connectivity index (χ0v) is 13.4. The largest absolute Gasteiger partial charge is 0.489 e. The van der Waals surface area contributed by atoms with Crippen LogP contribution in [0.1, 0.15) is 38.6 Å². The molecule has 0 aliphatic rings. The summed E-state index contributed by atoms with van der Waals surface area (Å²) in [6.45, 7) is 8.58. The van der Waals surface area contributed by atoms with Gasteiger partial charge in [-0.2, -0.15) is 0 Å². The molecule has 0 radical (unpaired) electrons. The van der Waals surface area contributed by atoms with Crippen molar-refractivity contribution in [3.05, 3.63) is 46.7 Å². The lowest BCUT2D eigenvalue weighted by molar-refractivity contribution is 0.243. The first-order chi connectivity index (χ1) is 9.58. The molecule has 3 heteroatoms. The van der Waals surface area contributed by atoms with Gasteiger partial charge in [-0.15, -0.1) is 11.3 Å². The highest BCUT2D eigenvalue weighted by Gasteiger charge is 2.18. The number of ether oxygens (including phenoxy) is 1. The molecular formula is C17H23NOS. The Morgan fingerprint density at radius 2 is 1.75 bits per heavy atom. The molecule has 0 aliphatic carbocycles. The highest BCUT2D eigenvalue weighted by Crippen LogP contribution is 2.33. The average molecular weight is 289 g/mol. The summed E-state index contributed by atoms with van der Waals surface area (Å²) < 4.78 is 5.88. The zero-order valence-electron chi connectivity index (χ0n) is 12.6. The number of nitrogens with one attached hydrogen (secondary N) is 1. The SMILES string of the molecule is CC(C)Oc1ccccc1NC(c1cccs1)C(C)C. The fourth-order valence-corrected chi connectivity index (χ4v) is 3.09. The highest BCUT2D eigenvalue weighted by atomic mass is 32.1. The van der Waals surface area contributed by atoms with Crippen molar-refractivity contribution in [2.45, 2.75) is 39.8 Å². The summed E-state index contributed by atoms with van der Waals surface area (Å²) in [5, 5.41) is 5.77. The van der Waals surface area contributed by atoms with Gasteiger partial charge >= 0.3 is 0 Å². The predicted molar refractivity (Wildman–Crippen MR) is 87.7 cm³/mol. The van der Waals surface area contributed by atoms with Crippen molar-refractivity contribution in [1.29, 1.82) is 0 Å². The molecule has 1 heterocycles. The van der Waals surface area contributed by atoms with Gasteiger partial charge in [-0.05, 0) is 43.3 Å². The molecule has 2 aromatic rings. The van der Waals surface area contributed by atoms with Crippen molar-refractivity contribution in [2.24, 2.45) is 5.92 Å². The van der Waals surface area contributed by atoms with Crippen LogP contribution in [0.4, 0.5) is 5.69 Å². The van der Waals surface area contributed by atoms with E-state index in [1.807, 2.05) is 18.2 Å². The molecule has 1 unspecified atom stereocenters. The Balaban J connectivity index is 2.23. The van der Waals surface area contributed by atoms with E-state index in [1.165, 1.54) is 4.88 Å². The maximum Gasteiger partial charge on any atom is 0.142 e. The van der Waals surface area contributed by atoms with E-state index in [2.05, 4.69) is 56.6 Å². The molecule has 0 saturated heterocycles. The Bertz CT molecular complexity index is 520. The molecule has 0 fully saturated rings. The van der Waals surface area contributed by atoms with Gasteiger partial charge in [0.25, 0.3) is 0 Å². The van der Waals surface area contributed by atoms with E-state index in [4.69, 9.17) is 4.74 Å². The molecule has 0 saturated carbocycles. The highest BCUT2D eigenvalue weighted by molar-refractivity contribution is 7.10. The van der Waals surface area contributed by atoms with Crippen LogP contribution in [-0.2, 0) is 0 Å². The number of hydrogen-bond donors (Lipinski definition) is 1. The fraction of sp³-hybridized carbons (Fsp3) is 0.412. The summed E-state index contributed by atoms with van der Waals surface area (Å²) in [4.78, 5) is 1.36. The van der Waals surface area contributed by atoms with E-state index in [-0.39, 0.29) is 6.10 Å². The van der Waals surface area contributed by atoms with Crippen LogP contribution in [0.3, 0.4) is 0 Å². The van der Waals surface area contributed by atoms with Gasteiger partial charge in [-0.3, -0.25) is 0 Å². The van der Waals surface area contributed by atoms with E-state index in [0.29, 0.717) is 12.0 Å². The lowest BCUT2D eigenvalue weighted by Gasteiger charge is -2.24. The Morgan fingerprint density at radius 1 is 1.00 bits per heavy atom. The Kier molecular flexibility index (Phi) is 5.07. The molecule has 0 amide bonds. The smallest absolute Gasteiger partial charge is 0.142 e. The van der Waals surface area contributed by atoms with Crippen LogP contribution in [0, 0.1) is 5.92 Å². The first-order valence-electron chi connectivity index (χ1n) is 7.13. The summed E-state index contributed by atoms with van der Waals surface area (Å²) in [5.41, 5.74) is 1.06. The maximum atomic E-state index is 5.88. The maximum absolute atomic E-state index is 5.88. The minimum Gasteiger partial charge on any atom is -0.489 e. The van der Waals surface area contributed by atoms with Gasteiger partial charge in [0, 0.05) is 4.88 Å². The third kappa shape index (κ3) is 3.76. The summed E-state index contributed by atoms with van der Waals surface area (Å²) >= 11 is 1.80. The van der Waals surface area contributed by atoms with E-state index < -0.39 is 0 Å². The topological polar surface area (TPSA) is 21.3 Å². The molecule has 1 aromatic heterocycles. The molecule has 1 aromatic carbocycles. The van der Waals surface area contributed by atoms with Crippen LogP contribution in [0.15, 0.2) is 41.8 Å². The van der Waals surface area contributed by atoms with Gasteiger partial charge in [0.05, 0.1) is 17.8 Å². The Labute approximate surface area is 125 Å². The number of para-hydroxylation sites is 2. The van der Waals surface area contributed by atoms with Crippen molar-refractivity contribution < 1.29 is 4.74 Å². The second-order valence-corrected chi connectivity index (χ2v) is 6.52. The fourth-order valence-electron chi connectivity index (χ4n) is 2.14. The minimum absolute atomic E-state index is 0.178. The van der Waals surface area contributed by atoms with Gasteiger partial charge in [-0.25, -0.2) is 0 Å². The van der Waals surface area contributed by atoms with E-state index in [9.17, 15) is 0 Å². The molecule has 2 rings (SSSR count). The van der Waals surface area contributed by atoms with Crippen molar-refractivity contribution in [2.75, 3.05) is 5.32 Å². The minimum atomic E-state index is 0.178. The van der Waals surface area contributed by atoms with Crippen molar-refractivity contribution in [1.82, 2.24) is 0 Å². The Morgan fingerprint density at radius 3 is 2.35 bits per heavy atom. The second-order valence-electron chi connectivity index (χ2n) is 5.54. The standard InChI is InChI=1S/C17H23NOS/c1-12(2)17(16-10-7-11-20-16)18-14-8-5-6-9-15(14)19-13(3)4/h5-13,17-18H,1-4H3. The van der Waals surface area contributed by atoms with Crippen molar-refractivity contribution in [3.8, 4) is 5.75 Å². The third-order valence-electron chi connectivity index (χ3n) is 3.08. The van der Waals surface area contributed by atoms with Crippen LogP contribution in [-0.4, -0.2) is 6.10 Å². The van der Waals surface area contributed by atoms with Crippen LogP contribution in [0.5, 0.6) is 5.75 Å². The van der Waals surface area contributed by atoms with E-state index in [1.54, 1.807) is 11.3 Å². The molecule has 1 N–H and O–H groups in total. The molecule has 20 heavy (non-hydrogen) atoms. The molecule has 0 bridgehead atoms. The summed E-state index contributed by atoms with van der Waals surface area (Å²) in [6.07, 6.45) is 0.178. The number of rotatable bonds is 6. The van der Waals surface area contributed by atoms with Crippen molar-refractivity contribution in [3.63, 3.8) is 0 Å². The van der Waals surface area contributed by atoms with Gasteiger partial charge in [0.15, 0.2) is 0 Å². The number of anilines is 1. The lowest BCUT2D eigenvalue weighted by atomic mass is 10.0. The first-order valence-corrected chi connectivity index (χ1v) is 8.01. The normalized spacial score (nSPS) is 12.7. The third-order valence-corrected chi connectivity index (χ3v) is 4.03. The summed E-state index contributed by atoms with van der Waals surface area (Å²) in [6, 6.07) is 12.8. The summed E-state index contributed by atoms with van der Waals surface area (Å²) in [5.74, 6) is 1.44. The monoisotopic (exact) mass is 289 g/mol. The lowest BCUT2D eigenvalue weighted by Crippen LogP contribution is -2.17. The zero-order chi connectivity index (χ0) is 14.5. The van der Waals surface area contributed by atoms with Crippen LogP contribution >= 0.6 is 11.3 Å². The average Bonchev–Trinajstić information content (AvgIpc) is 2.90. The van der Waals surface area contributed by atoms with Gasteiger partial charge in [-0.1, -0.05) is 32.0 Å². The predicted octanol–water partition coefficient (Wildman–Crippen LogP) is 5.34. The molecular weight excluding hydrogens is 266 g/mol. The molecule has 108 valence electrons. The van der Waals surface area contributed by atoms with Gasteiger partial charge < -0.3 is 10.1 Å². The first kappa shape index (κ1) is 14.9. The quantitative estimate of drug-likeness (QED) is 0.774. The van der Waals surface area contributed by atoms with E-state index >= 15 is 0 Å². The van der Waals surface area contributed by atoms with Crippen LogP contribution < -0.4 is 10.1 Å². The Hall–Kier alpha value is -1.48. The van der Waals surface area contributed by atoms with Gasteiger partial charge in [0.2, 0.25) is 0 Å². The number of thiophene rings is 1. The van der Waals surface area contributed by atoms with Crippen LogP contribution in [0.2, 0.25) is 0 Å². The molecule has 2 nitrogen and oxygen atoms in total. The second kappa shape index (κ2) is 6.80. The molecule has 0 aliphatic heterocycles. The van der Waals surface area contributed by atoms with E-state index in [0.717, 1.165) is 11.4 Å². The van der Waals surface area contributed by atoms with Crippen molar-refractivity contribution >= 4 is 17.0 Å². The molecule has 0 spiro atoms.